The van der Waals surface area contributed by atoms with Gasteiger partial charge in [-0.15, -0.1) is 0 Å². The van der Waals surface area contributed by atoms with Gasteiger partial charge >= 0.3 is 12.2 Å². The van der Waals surface area contributed by atoms with E-state index in [1.165, 1.54) is 12.3 Å². The molecule has 0 aliphatic heterocycles. The lowest BCUT2D eigenvalue weighted by molar-refractivity contribution is -0.385. The maximum atomic E-state index is 14.7. The van der Waals surface area contributed by atoms with E-state index in [9.17, 15) is 34.3 Å². The first-order chi connectivity index (χ1) is 17.0. The summed E-state index contributed by atoms with van der Waals surface area (Å²) in [6, 6.07) is 3.08. The maximum Gasteiger partial charge on any atom is 0.413 e. The Bertz CT molecular complexity index is 1160. The fraction of sp³-hybridized carbons (Fsp3) is 0.458. The molecule has 0 fully saturated rings. The van der Waals surface area contributed by atoms with Crippen LogP contribution < -0.4 is 10.1 Å². The summed E-state index contributed by atoms with van der Waals surface area (Å²) in [6.07, 6.45) is -0.990. The van der Waals surface area contributed by atoms with Gasteiger partial charge in [0.2, 0.25) is 0 Å². The molecule has 2 aromatic rings. The standard InChI is InChI=1S/C24H31FN4O8/c1-23(2,3)19(28(11-12-30)22(32)33)18-17(36-16-8-7-14(29(34)35)13-15(16)25)9-10-26-20(18)27-21(31)37-24(4,5)6/h7-10,13,19,30H,11-12H2,1-6H3,(H,32,33)(H,26,27,31). The van der Waals surface area contributed by atoms with Crippen LogP contribution in [-0.2, 0) is 4.74 Å². The summed E-state index contributed by atoms with van der Waals surface area (Å²) in [5.41, 5.74) is -2.13. The molecule has 0 bridgehead atoms. The van der Waals surface area contributed by atoms with Crippen LogP contribution in [0.15, 0.2) is 30.5 Å². The van der Waals surface area contributed by atoms with Crippen molar-refractivity contribution in [3.63, 3.8) is 0 Å². The van der Waals surface area contributed by atoms with Crippen LogP contribution in [0.4, 0.5) is 25.5 Å². The summed E-state index contributed by atoms with van der Waals surface area (Å²) in [4.78, 5) is 40.2. The molecule has 37 heavy (non-hydrogen) atoms. The Morgan fingerprint density at radius 3 is 2.32 bits per heavy atom. The van der Waals surface area contributed by atoms with Gasteiger partial charge in [0.05, 0.1) is 29.2 Å². The van der Waals surface area contributed by atoms with Crippen LogP contribution in [0, 0.1) is 21.3 Å². The van der Waals surface area contributed by atoms with E-state index in [0.717, 1.165) is 17.0 Å². The number of amides is 2. The number of hydrogen-bond donors (Lipinski definition) is 3. The van der Waals surface area contributed by atoms with Crippen molar-refractivity contribution in [2.24, 2.45) is 5.41 Å². The average molecular weight is 523 g/mol. The van der Waals surface area contributed by atoms with E-state index in [1.807, 2.05) is 0 Å². The molecular formula is C24H31FN4O8. The van der Waals surface area contributed by atoms with Crippen LogP contribution in [0.5, 0.6) is 11.5 Å². The van der Waals surface area contributed by atoms with Crippen molar-refractivity contribution in [2.45, 2.75) is 53.2 Å². The highest BCUT2D eigenvalue weighted by Crippen LogP contribution is 2.46. The number of carbonyl (C=O) groups excluding carboxylic acids is 1. The molecular weight excluding hydrogens is 491 g/mol. The van der Waals surface area contributed by atoms with Gasteiger partial charge in [0.1, 0.15) is 17.2 Å². The Hall–Kier alpha value is -4.00. The predicted octanol–water partition coefficient (Wildman–Crippen LogP) is 5.33. The molecule has 1 unspecified atom stereocenters. The van der Waals surface area contributed by atoms with Gasteiger partial charge in [-0.25, -0.2) is 19.0 Å². The lowest BCUT2D eigenvalue weighted by atomic mass is 9.81. The highest BCUT2D eigenvalue weighted by molar-refractivity contribution is 5.85. The molecule has 0 saturated carbocycles. The molecule has 0 aliphatic carbocycles. The number of aromatic nitrogens is 1. The molecule has 3 N–H and O–H groups in total. The number of nitrogens with zero attached hydrogens (tertiary/aromatic N) is 3. The first-order valence-electron chi connectivity index (χ1n) is 11.3. The number of non-ortho nitro benzene ring substituents is 1. The fourth-order valence-electron chi connectivity index (χ4n) is 3.61. The highest BCUT2D eigenvalue weighted by atomic mass is 19.1. The van der Waals surface area contributed by atoms with E-state index in [1.54, 1.807) is 41.5 Å². The average Bonchev–Trinajstić information content (AvgIpc) is 2.73. The number of halogens is 1. The van der Waals surface area contributed by atoms with Gasteiger partial charge in [-0.3, -0.25) is 20.3 Å². The molecule has 1 aromatic heterocycles. The summed E-state index contributed by atoms with van der Waals surface area (Å²) < 4.78 is 25.8. The van der Waals surface area contributed by atoms with Gasteiger partial charge in [0, 0.05) is 18.8 Å². The summed E-state index contributed by atoms with van der Waals surface area (Å²) in [5, 5.41) is 33.0. The normalized spacial score (nSPS) is 12.4. The zero-order chi connectivity index (χ0) is 28.1. The molecule has 0 saturated heterocycles. The predicted molar refractivity (Wildman–Crippen MR) is 131 cm³/mol. The number of aliphatic hydroxyl groups excluding tert-OH is 1. The fourth-order valence-corrected chi connectivity index (χ4v) is 3.61. The first kappa shape index (κ1) is 29.2. The second-order valence-electron chi connectivity index (χ2n) is 10.1. The molecule has 1 atom stereocenters. The van der Waals surface area contributed by atoms with E-state index < -0.39 is 52.3 Å². The van der Waals surface area contributed by atoms with Crippen molar-refractivity contribution < 1.29 is 38.6 Å². The van der Waals surface area contributed by atoms with Crippen molar-refractivity contribution in [3.8, 4) is 11.5 Å². The molecule has 0 aliphatic rings. The Balaban J connectivity index is 2.75. The summed E-state index contributed by atoms with van der Waals surface area (Å²) in [5.74, 6) is -1.59. The van der Waals surface area contributed by atoms with Crippen molar-refractivity contribution >= 4 is 23.7 Å². The molecule has 12 nitrogen and oxygen atoms in total. The van der Waals surface area contributed by atoms with Gasteiger partial charge < -0.3 is 19.7 Å². The number of pyridine rings is 1. The summed E-state index contributed by atoms with van der Waals surface area (Å²) >= 11 is 0. The maximum absolute atomic E-state index is 14.7. The van der Waals surface area contributed by atoms with Gasteiger partial charge in [-0.2, -0.15) is 0 Å². The quantitative estimate of drug-likeness (QED) is 0.307. The number of nitro benzene ring substituents is 1. The number of ether oxygens (including phenoxy) is 2. The molecule has 0 radical (unpaired) electrons. The number of hydrogen-bond acceptors (Lipinski definition) is 8. The van der Waals surface area contributed by atoms with Crippen LogP contribution in [0.2, 0.25) is 0 Å². The Labute approximate surface area is 213 Å². The zero-order valence-electron chi connectivity index (χ0n) is 21.4. The van der Waals surface area contributed by atoms with Crippen molar-refractivity contribution in [1.82, 2.24) is 9.88 Å². The minimum absolute atomic E-state index is 0.0643. The third-order valence-electron chi connectivity index (χ3n) is 4.91. The van der Waals surface area contributed by atoms with E-state index in [0.29, 0.717) is 6.07 Å². The highest BCUT2D eigenvalue weighted by Gasteiger charge is 2.39. The number of benzene rings is 1. The lowest BCUT2D eigenvalue weighted by Crippen LogP contribution is -2.42. The van der Waals surface area contributed by atoms with Crippen LogP contribution >= 0.6 is 0 Å². The summed E-state index contributed by atoms with van der Waals surface area (Å²) in [7, 11) is 0. The largest absolute Gasteiger partial charge is 0.465 e. The van der Waals surface area contributed by atoms with E-state index >= 15 is 0 Å². The molecule has 1 aromatic carbocycles. The SMILES string of the molecule is CC(C)(C)OC(=O)Nc1nccc(Oc2ccc([N+](=O)[O-])cc2F)c1C(N(CCO)C(=O)O)C(C)(C)C. The zero-order valence-corrected chi connectivity index (χ0v) is 21.4. The second-order valence-corrected chi connectivity index (χ2v) is 10.1. The number of nitro groups is 1. The van der Waals surface area contributed by atoms with Crippen molar-refractivity contribution in [1.29, 1.82) is 0 Å². The minimum Gasteiger partial charge on any atom is -0.465 e. The van der Waals surface area contributed by atoms with E-state index in [4.69, 9.17) is 9.47 Å². The van der Waals surface area contributed by atoms with Crippen molar-refractivity contribution in [3.05, 3.63) is 52.0 Å². The molecule has 0 spiro atoms. The number of nitrogens with one attached hydrogen (secondary N) is 1. The smallest absolute Gasteiger partial charge is 0.413 e. The van der Waals surface area contributed by atoms with Crippen LogP contribution in [-0.4, -0.2) is 56.0 Å². The van der Waals surface area contributed by atoms with E-state index in [2.05, 4.69) is 10.3 Å². The first-order valence-corrected chi connectivity index (χ1v) is 11.3. The number of rotatable bonds is 8. The van der Waals surface area contributed by atoms with Crippen molar-refractivity contribution in [2.75, 3.05) is 18.5 Å². The summed E-state index contributed by atoms with van der Waals surface area (Å²) in [6.45, 7) is 9.36. The number of anilines is 1. The van der Waals surface area contributed by atoms with Gasteiger partial charge in [0.15, 0.2) is 11.6 Å². The second kappa shape index (κ2) is 11.4. The molecule has 1 heterocycles. The van der Waals surface area contributed by atoms with Crippen LogP contribution in [0.3, 0.4) is 0 Å². The Morgan fingerprint density at radius 2 is 1.84 bits per heavy atom. The number of carboxylic acid groups (broad SMARTS) is 1. The number of carbonyl (C=O) groups is 2. The third kappa shape index (κ3) is 7.74. The molecule has 202 valence electrons. The number of aliphatic hydroxyl groups is 1. The third-order valence-corrected chi connectivity index (χ3v) is 4.91. The molecule has 2 rings (SSSR count). The lowest BCUT2D eigenvalue weighted by Gasteiger charge is -2.39. The Morgan fingerprint density at radius 1 is 1.19 bits per heavy atom. The monoisotopic (exact) mass is 522 g/mol. The molecule has 13 heteroatoms. The van der Waals surface area contributed by atoms with Crippen LogP contribution in [0.25, 0.3) is 0 Å². The van der Waals surface area contributed by atoms with E-state index in [-0.39, 0.29) is 29.4 Å². The van der Waals surface area contributed by atoms with Gasteiger partial charge in [0.25, 0.3) is 5.69 Å². The molecule has 2 amide bonds. The van der Waals surface area contributed by atoms with Gasteiger partial charge in [-0.05, 0) is 38.3 Å². The minimum atomic E-state index is -1.37. The van der Waals surface area contributed by atoms with Gasteiger partial charge in [-0.1, -0.05) is 20.8 Å². The Kier molecular flexibility index (Phi) is 8.99. The topological polar surface area (TPSA) is 164 Å². The van der Waals surface area contributed by atoms with Crippen LogP contribution in [0.1, 0.15) is 53.1 Å².